The highest BCUT2D eigenvalue weighted by atomic mass is 35.5. The van der Waals surface area contributed by atoms with Crippen LogP contribution in [-0.2, 0) is 12.8 Å². The maximum absolute atomic E-state index is 6.44. The summed E-state index contributed by atoms with van der Waals surface area (Å²) in [5.74, 6) is 1.77. The molecule has 2 unspecified atom stereocenters. The molecule has 19 heavy (non-hydrogen) atoms. The highest BCUT2D eigenvalue weighted by Gasteiger charge is 2.27. The van der Waals surface area contributed by atoms with Gasteiger partial charge in [0.05, 0.1) is 5.38 Å². The molecule has 0 radical (unpaired) electrons. The van der Waals surface area contributed by atoms with E-state index in [1.54, 1.807) is 6.33 Å². The van der Waals surface area contributed by atoms with Crippen molar-refractivity contribution in [2.24, 2.45) is 5.92 Å². The molecule has 3 nitrogen and oxygen atoms in total. The zero-order valence-corrected chi connectivity index (χ0v) is 12.4. The van der Waals surface area contributed by atoms with E-state index < -0.39 is 0 Å². The van der Waals surface area contributed by atoms with Gasteiger partial charge in [-0.05, 0) is 38.0 Å². The highest BCUT2D eigenvalue weighted by molar-refractivity contribution is 6.21. The van der Waals surface area contributed by atoms with Crippen LogP contribution in [0.25, 0.3) is 0 Å². The van der Waals surface area contributed by atoms with Crippen molar-refractivity contribution in [3.8, 4) is 0 Å². The Morgan fingerprint density at radius 2 is 2.05 bits per heavy atom. The number of hydrogen-bond acceptors (Lipinski definition) is 3. The van der Waals surface area contributed by atoms with Crippen LogP contribution in [0.5, 0.6) is 0 Å². The zero-order chi connectivity index (χ0) is 13.2. The van der Waals surface area contributed by atoms with Crippen LogP contribution in [0.4, 0.5) is 5.82 Å². The molecule has 2 heterocycles. The van der Waals surface area contributed by atoms with Gasteiger partial charge in [-0.2, -0.15) is 0 Å². The molecule has 2 aliphatic rings. The van der Waals surface area contributed by atoms with Gasteiger partial charge in [0.2, 0.25) is 0 Å². The average Bonchev–Trinajstić information content (AvgIpc) is 2.67. The van der Waals surface area contributed by atoms with Gasteiger partial charge in [0.1, 0.15) is 12.1 Å². The molecule has 0 bridgehead atoms. The lowest BCUT2D eigenvalue weighted by Crippen LogP contribution is -2.41. The Morgan fingerprint density at radius 1 is 1.21 bits per heavy atom. The van der Waals surface area contributed by atoms with E-state index in [4.69, 9.17) is 11.6 Å². The van der Waals surface area contributed by atoms with Crippen molar-refractivity contribution in [2.75, 3.05) is 18.0 Å². The van der Waals surface area contributed by atoms with Crippen molar-refractivity contribution in [2.45, 2.75) is 50.8 Å². The van der Waals surface area contributed by atoms with Crippen LogP contribution >= 0.6 is 11.6 Å². The van der Waals surface area contributed by atoms with Crippen molar-refractivity contribution < 1.29 is 0 Å². The van der Waals surface area contributed by atoms with E-state index in [9.17, 15) is 0 Å². The van der Waals surface area contributed by atoms with Crippen molar-refractivity contribution in [1.82, 2.24) is 9.97 Å². The van der Waals surface area contributed by atoms with Crippen LogP contribution in [0.1, 0.15) is 43.9 Å². The Morgan fingerprint density at radius 3 is 2.89 bits per heavy atom. The van der Waals surface area contributed by atoms with Gasteiger partial charge >= 0.3 is 0 Å². The summed E-state index contributed by atoms with van der Waals surface area (Å²) in [7, 11) is 0. The molecule has 1 fully saturated rings. The molecule has 3 rings (SSSR count). The Hall–Kier alpha value is -0.830. The first-order chi connectivity index (χ1) is 9.25. The minimum absolute atomic E-state index is 0.241. The molecule has 0 spiro atoms. The fourth-order valence-corrected chi connectivity index (χ4v) is 3.46. The molecule has 0 aromatic carbocycles. The van der Waals surface area contributed by atoms with Crippen LogP contribution in [0, 0.1) is 5.92 Å². The SMILES string of the molecule is CC1CCN(c2ncnc3c2CCCCC3)CC1Cl. The van der Waals surface area contributed by atoms with Gasteiger partial charge in [0.25, 0.3) is 0 Å². The van der Waals surface area contributed by atoms with Crippen LogP contribution in [0.3, 0.4) is 0 Å². The van der Waals surface area contributed by atoms with Crippen molar-refractivity contribution in [3.05, 3.63) is 17.6 Å². The van der Waals surface area contributed by atoms with E-state index in [0.717, 1.165) is 38.2 Å². The van der Waals surface area contributed by atoms with E-state index >= 15 is 0 Å². The summed E-state index contributed by atoms with van der Waals surface area (Å²) in [4.78, 5) is 11.4. The molecule has 2 atom stereocenters. The van der Waals surface area contributed by atoms with Gasteiger partial charge < -0.3 is 4.90 Å². The minimum Gasteiger partial charge on any atom is -0.355 e. The Bertz CT molecular complexity index is 449. The summed E-state index contributed by atoms with van der Waals surface area (Å²) in [6, 6.07) is 0. The number of piperidine rings is 1. The van der Waals surface area contributed by atoms with Gasteiger partial charge in [-0.1, -0.05) is 13.3 Å². The number of aryl methyl sites for hydroxylation is 1. The lowest BCUT2D eigenvalue weighted by atomic mass is 9.98. The van der Waals surface area contributed by atoms with Gasteiger partial charge in [-0.3, -0.25) is 0 Å². The molecule has 1 aliphatic carbocycles. The van der Waals surface area contributed by atoms with E-state index in [-0.39, 0.29) is 5.38 Å². The number of rotatable bonds is 1. The van der Waals surface area contributed by atoms with Crippen LogP contribution in [0.2, 0.25) is 0 Å². The number of anilines is 1. The van der Waals surface area contributed by atoms with E-state index in [0.29, 0.717) is 5.92 Å². The molecule has 0 saturated carbocycles. The summed E-state index contributed by atoms with van der Waals surface area (Å²) in [6.07, 6.45) is 8.98. The first-order valence-electron chi connectivity index (χ1n) is 7.47. The lowest BCUT2D eigenvalue weighted by Gasteiger charge is -2.35. The molecule has 1 aromatic rings. The number of nitrogens with zero attached hydrogens (tertiary/aromatic N) is 3. The standard InChI is InChI=1S/C15H22ClN3/c1-11-7-8-19(9-13(11)16)15-12-5-3-2-4-6-14(12)17-10-18-15/h10-11,13H,2-9H2,1H3. The second-order valence-corrected chi connectivity index (χ2v) is 6.47. The first-order valence-corrected chi connectivity index (χ1v) is 7.91. The highest BCUT2D eigenvalue weighted by Crippen LogP contribution is 2.30. The van der Waals surface area contributed by atoms with E-state index in [1.807, 2.05) is 0 Å². The minimum atomic E-state index is 0.241. The molecular weight excluding hydrogens is 258 g/mol. The molecular formula is C15H22ClN3. The number of hydrogen-bond donors (Lipinski definition) is 0. The normalized spacial score (nSPS) is 27.8. The van der Waals surface area contributed by atoms with Crippen LogP contribution in [-0.4, -0.2) is 28.4 Å². The topological polar surface area (TPSA) is 29.0 Å². The predicted molar refractivity (Wildman–Crippen MR) is 78.9 cm³/mol. The van der Waals surface area contributed by atoms with Crippen molar-refractivity contribution in [3.63, 3.8) is 0 Å². The second-order valence-electron chi connectivity index (χ2n) is 5.91. The molecule has 104 valence electrons. The fourth-order valence-electron chi connectivity index (χ4n) is 3.17. The Labute approximate surface area is 120 Å². The first kappa shape index (κ1) is 13.2. The molecule has 0 N–H and O–H groups in total. The number of fused-ring (bicyclic) bond motifs is 1. The number of halogens is 1. The summed E-state index contributed by atoms with van der Waals surface area (Å²) < 4.78 is 0. The maximum Gasteiger partial charge on any atom is 0.135 e. The third-order valence-electron chi connectivity index (χ3n) is 4.52. The molecule has 1 aromatic heterocycles. The van der Waals surface area contributed by atoms with E-state index in [1.165, 1.54) is 30.5 Å². The summed E-state index contributed by atoms with van der Waals surface area (Å²) in [5.41, 5.74) is 2.66. The molecule has 1 aliphatic heterocycles. The molecule has 0 amide bonds. The predicted octanol–water partition coefficient (Wildman–Crippen LogP) is 3.20. The molecule has 4 heteroatoms. The third-order valence-corrected chi connectivity index (χ3v) is 5.09. The largest absolute Gasteiger partial charge is 0.355 e. The summed E-state index contributed by atoms with van der Waals surface area (Å²) in [6.45, 7) is 4.25. The van der Waals surface area contributed by atoms with Crippen LogP contribution < -0.4 is 4.90 Å². The van der Waals surface area contributed by atoms with Gasteiger partial charge in [-0.25, -0.2) is 9.97 Å². The lowest BCUT2D eigenvalue weighted by molar-refractivity contribution is 0.443. The van der Waals surface area contributed by atoms with Gasteiger partial charge in [0, 0.05) is 24.3 Å². The molecule has 1 saturated heterocycles. The Balaban J connectivity index is 1.88. The quantitative estimate of drug-likeness (QED) is 0.584. The summed E-state index contributed by atoms with van der Waals surface area (Å²) in [5, 5.41) is 0.241. The summed E-state index contributed by atoms with van der Waals surface area (Å²) >= 11 is 6.44. The number of alkyl halides is 1. The van der Waals surface area contributed by atoms with Crippen LogP contribution in [0.15, 0.2) is 6.33 Å². The average molecular weight is 280 g/mol. The second kappa shape index (κ2) is 5.66. The Kier molecular flexibility index (Phi) is 3.92. The van der Waals surface area contributed by atoms with Gasteiger partial charge in [0.15, 0.2) is 0 Å². The fraction of sp³-hybridized carbons (Fsp3) is 0.733. The smallest absolute Gasteiger partial charge is 0.135 e. The maximum atomic E-state index is 6.44. The van der Waals surface area contributed by atoms with Crippen molar-refractivity contribution in [1.29, 1.82) is 0 Å². The van der Waals surface area contributed by atoms with Gasteiger partial charge in [-0.15, -0.1) is 11.6 Å². The van der Waals surface area contributed by atoms with Crippen molar-refractivity contribution >= 4 is 17.4 Å². The number of aromatic nitrogens is 2. The third kappa shape index (κ3) is 2.71. The monoisotopic (exact) mass is 279 g/mol. The van der Waals surface area contributed by atoms with E-state index in [2.05, 4.69) is 21.8 Å². The zero-order valence-electron chi connectivity index (χ0n) is 11.6.